The molecule has 0 radical (unpaired) electrons. The third kappa shape index (κ3) is 3.98. The fourth-order valence-electron chi connectivity index (χ4n) is 5.01. The normalized spacial score (nSPS) is 14.1. The van der Waals surface area contributed by atoms with Gasteiger partial charge in [0.2, 0.25) is 11.8 Å². The molecule has 1 aliphatic rings. The first-order valence-corrected chi connectivity index (χ1v) is 12.8. The Hall–Kier alpha value is -4.76. The van der Waals surface area contributed by atoms with Gasteiger partial charge in [0.05, 0.1) is 28.4 Å². The number of nitrogens with zero attached hydrogens (tertiary/aromatic N) is 7. The van der Waals surface area contributed by atoms with Crippen molar-refractivity contribution in [2.45, 2.75) is 26.4 Å². The molecule has 1 aliphatic heterocycles. The topological polar surface area (TPSA) is 92.3 Å². The van der Waals surface area contributed by atoms with Gasteiger partial charge >= 0.3 is 0 Å². The summed E-state index contributed by atoms with van der Waals surface area (Å²) in [5, 5.41) is 10.1. The fourth-order valence-corrected chi connectivity index (χ4v) is 5.19. The molecule has 9 nitrogen and oxygen atoms in total. The second-order valence-corrected chi connectivity index (χ2v) is 9.77. The summed E-state index contributed by atoms with van der Waals surface area (Å²) in [6.45, 7) is 4.19. The Bertz CT molecular complexity index is 1850. The van der Waals surface area contributed by atoms with E-state index in [4.69, 9.17) is 31.2 Å². The minimum Gasteiger partial charge on any atom is -0.485 e. The largest absolute Gasteiger partial charge is 0.485 e. The summed E-state index contributed by atoms with van der Waals surface area (Å²) in [4.78, 5) is 13.9. The lowest BCUT2D eigenvalue weighted by molar-refractivity contribution is 0.294. The van der Waals surface area contributed by atoms with Gasteiger partial charge < -0.3 is 9.47 Å². The van der Waals surface area contributed by atoms with E-state index in [2.05, 4.69) is 15.1 Å². The number of hydrogen-bond donors (Lipinski definition) is 0. The SMILES string of the molecule is Cc1ccccc1OCc1nc2c3c(ncn2n1)Oc1c(c(C)nn1-c1cccc(Cl)c1)C3c1cccnc1. The quantitative estimate of drug-likeness (QED) is 0.273. The third-order valence-electron chi connectivity index (χ3n) is 6.78. The molecule has 0 spiro atoms. The van der Waals surface area contributed by atoms with Crippen molar-refractivity contribution in [3.63, 3.8) is 0 Å². The van der Waals surface area contributed by atoms with Crippen molar-refractivity contribution in [2.75, 3.05) is 0 Å². The molecule has 0 saturated heterocycles. The highest BCUT2D eigenvalue weighted by atomic mass is 35.5. The van der Waals surface area contributed by atoms with Crippen LogP contribution in [0.4, 0.5) is 0 Å². The van der Waals surface area contributed by atoms with Crippen LogP contribution >= 0.6 is 11.6 Å². The first-order valence-electron chi connectivity index (χ1n) is 12.4. The van der Waals surface area contributed by atoms with Gasteiger partial charge in [-0.1, -0.05) is 41.9 Å². The summed E-state index contributed by atoms with van der Waals surface area (Å²) < 4.78 is 15.9. The van der Waals surface area contributed by atoms with Gasteiger partial charge in [0.25, 0.3) is 0 Å². The third-order valence-corrected chi connectivity index (χ3v) is 7.02. The standard InChI is InChI=1S/C29H22ClN7O2/c1-17-7-3-4-11-22(17)38-15-23-33-27-26-25(19-8-6-12-31-14-19)24-18(2)34-37(21-10-5-9-20(30)13-21)29(24)39-28(26)32-16-36(27)35-23/h3-14,16,25H,15H2,1-2H3. The monoisotopic (exact) mass is 535 g/mol. The molecule has 0 bridgehead atoms. The van der Waals surface area contributed by atoms with Crippen molar-refractivity contribution in [3.05, 3.63) is 118 Å². The van der Waals surface area contributed by atoms with Crippen molar-refractivity contribution in [1.29, 1.82) is 0 Å². The van der Waals surface area contributed by atoms with Crippen molar-refractivity contribution >= 4 is 17.2 Å². The average molecular weight is 536 g/mol. The molecule has 1 atom stereocenters. The molecule has 6 aromatic rings. The number of hydrogen-bond acceptors (Lipinski definition) is 7. The Morgan fingerprint density at radius 3 is 2.72 bits per heavy atom. The van der Waals surface area contributed by atoms with Gasteiger partial charge in [0.15, 0.2) is 11.5 Å². The zero-order valence-corrected chi connectivity index (χ0v) is 21.9. The van der Waals surface area contributed by atoms with Crippen LogP contribution in [0.15, 0.2) is 79.4 Å². The first kappa shape index (κ1) is 23.4. The van der Waals surface area contributed by atoms with E-state index < -0.39 is 0 Å². The molecule has 192 valence electrons. The molecule has 10 heteroatoms. The zero-order valence-electron chi connectivity index (χ0n) is 21.1. The lowest BCUT2D eigenvalue weighted by Crippen LogP contribution is -2.16. The molecule has 0 amide bonds. The maximum Gasteiger partial charge on any atom is 0.230 e. The summed E-state index contributed by atoms with van der Waals surface area (Å²) in [6, 6.07) is 19.3. The predicted molar refractivity (Wildman–Crippen MR) is 145 cm³/mol. The number of pyridine rings is 1. The van der Waals surface area contributed by atoms with Gasteiger partial charge in [0.1, 0.15) is 18.7 Å². The highest BCUT2D eigenvalue weighted by Crippen LogP contribution is 2.49. The molecular formula is C29H22ClN7O2. The van der Waals surface area contributed by atoms with E-state index in [1.165, 1.54) is 0 Å². The minimum atomic E-state index is -0.282. The van der Waals surface area contributed by atoms with Gasteiger partial charge in [-0.3, -0.25) is 4.98 Å². The Balaban J connectivity index is 1.37. The minimum absolute atomic E-state index is 0.219. The molecule has 0 saturated carbocycles. The van der Waals surface area contributed by atoms with E-state index in [1.54, 1.807) is 21.7 Å². The van der Waals surface area contributed by atoms with Crippen LogP contribution in [0.3, 0.4) is 0 Å². The number of ether oxygens (including phenoxy) is 2. The van der Waals surface area contributed by atoms with Gasteiger partial charge in [-0.05, 0) is 55.3 Å². The van der Waals surface area contributed by atoms with Crippen LogP contribution in [0.2, 0.25) is 5.02 Å². The number of halogens is 1. The second-order valence-electron chi connectivity index (χ2n) is 9.33. The Morgan fingerprint density at radius 1 is 1.00 bits per heavy atom. The molecule has 0 N–H and O–H groups in total. The Labute approximate surface area is 228 Å². The molecule has 1 unspecified atom stereocenters. The van der Waals surface area contributed by atoms with Crippen LogP contribution in [-0.4, -0.2) is 34.3 Å². The van der Waals surface area contributed by atoms with Gasteiger partial charge in [0, 0.05) is 17.4 Å². The van der Waals surface area contributed by atoms with E-state index in [9.17, 15) is 0 Å². The van der Waals surface area contributed by atoms with Crippen molar-refractivity contribution in [3.8, 4) is 23.2 Å². The molecule has 39 heavy (non-hydrogen) atoms. The summed E-state index contributed by atoms with van der Waals surface area (Å²) in [5.41, 5.74) is 5.96. The van der Waals surface area contributed by atoms with Crippen LogP contribution < -0.4 is 9.47 Å². The fraction of sp³-hybridized carbons (Fsp3) is 0.138. The molecule has 0 fully saturated rings. The van der Waals surface area contributed by atoms with Crippen LogP contribution in [-0.2, 0) is 6.61 Å². The highest BCUT2D eigenvalue weighted by Gasteiger charge is 2.38. The predicted octanol–water partition coefficient (Wildman–Crippen LogP) is 5.84. The van der Waals surface area contributed by atoms with E-state index >= 15 is 0 Å². The number of fused-ring (bicyclic) bond motifs is 4. The number of aryl methyl sites for hydroxylation is 2. The lowest BCUT2D eigenvalue weighted by atomic mass is 9.85. The van der Waals surface area contributed by atoms with Gasteiger partial charge in [-0.2, -0.15) is 5.10 Å². The van der Waals surface area contributed by atoms with Crippen molar-refractivity contribution in [1.82, 2.24) is 34.3 Å². The molecule has 7 rings (SSSR count). The number of benzene rings is 2. The maximum absolute atomic E-state index is 6.45. The molecule has 2 aromatic carbocycles. The maximum atomic E-state index is 6.45. The van der Waals surface area contributed by atoms with Crippen LogP contribution in [0, 0.1) is 13.8 Å². The highest BCUT2D eigenvalue weighted by molar-refractivity contribution is 6.30. The molecule has 0 aliphatic carbocycles. The van der Waals surface area contributed by atoms with Crippen LogP contribution in [0.5, 0.6) is 17.5 Å². The molecular weight excluding hydrogens is 514 g/mol. The van der Waals surface area contributed by atoms with Crippen LogP contribution in [0.25, 0.3) is 11.3 Å². The second kappa shape index (κ2) is 9.21. The van der Waals surface area contributed by atoms with Gasteiger partial charge in [-0.15, -0.1) is 5.10 Å². The Kier molecular flexibility index (Phi) is 5.52. The number of para-hydroxylation sites is 1. The van der Waals surface area contributed by atoms with E-state index in [-0.39, 0.29) is 12.5 Å². The smallest absolute Gasteiger partial charge is 0.230 e. The number of aromatic nitrogens is 7. The molecule has 4 aromatic heterocycles. The van der Waals surface area contributed by atoms with E-state index in [1.807, 2.05) is 80.7 Å². The zero-order chi connectivity index (χ0) is 26.5. The van der Waals surface area contributed by atoms with Crippen molar-refractivity contribution < 1.29 is 9.47 Å². The lowest BCUT2D eigenvalue weighted by Gasteiger charge is -2.26. The summed E-state index contributed by atoms with van der Waals surface area (Å²) in [6.07, 6.45) is 5.21. The van der Waals surface area contributed by atoms with E-state index in [0.717, 1.165) is 39.4 Å². The molecule has 5 heterocycles. The summed E-state index contributed by atoms with van der Waals surface area (Å²) in [5.74, 6) is 2.06. The van der Waals surface area contributed by atoms with Crippen molar-refractivity contribution in [2.24, 2.45) is 0 Å². The summed E-state index contributed by atoms with van der Waals surface area (Å²) >= 11 is 6.30. The van der Waals surface area contributed by atoms with Gasteiger partial charge in [-0.25, -0.2) is 19.2 Å². The Morgan fingerprint density at radius 2 is 1.90 bits per heavy atom. The average Bonchev–Trinajstić information content (AvgIpc) is 3.52. The van der Waals surface area contributed by atoms with E-state index in [0.29, 0.717) is 28.3 Å². The summed E-state index contributed by atoms with van der Waals surface area (Å²) in [7, 11) is 0. The number of rotatable bonds is 5. The van der Waals surface area contributed by atoms with Crippen LogP contribution in [0.1, 0.15) is 39.7 Å². The first-order chi connectivity index (χ1) is 19.1.